The lowest BCUT2D eigenvalue weighted by molar-refractivity contribution is 0.0946. The van der Waals surface area contributed by atoms with Gasteiger partial charge in [0.15, 0.2) is 17.5 Å². The molecule has 1 aromatic heterocycles. The lowest BCUT2D eigenvalue weighted by Crippen LogP contribution is -2.24. The van der Waals surface area contributed by atoms with Crippen LogP contribution in [0.3, 0.4) is 0 Å². The minimum absolute atomic E-state index is 0.0446. The van der Waals surface area contributed by atoms with Crippen molar-refractivity contribution >= 4 is 17.5 Å². The van der Waals surface area contributed by atoms with Crippen molar-refractivity contribution in [3.05, 3.63) is 82.9 Å². The van der Waals surface area contributed by atoms with E-state index < -0.39 is 23.4 Å². The Kier molecular flexibility index (Phi) is 5.35. The minimum Gasteiger partial charge on any atom is -0.347 e. The number of carbonyl (C=O) groups excluding carboxylic acids is 1. The molecule has 0 radical (unpaired) electrons. The van der Waals surface area contributed by atoms with Gasteiger partial charge in [0, 0.05) is 12.7 Å². The van der Waals surface area contributed by atoms with Gasteiger partial charge >= 0.3 is 0 Å². The predicted molar refractivity (Wildman–Crippen MR) is 94.0 cm³/mol. The summed E-state index contributed by atoms with van der Waals surface area (Å²) in [7, 11) is 0. The molecule has 0 atom stereocenters. The van der Waals surface area contributed by atoms with Crippen LogP contribution in [-0.2, 0) is 6.54 Å². The fourth-order valence-corrected chi connectivity index (χ4v) is 2.38. The van der Waals surface area contributed by atoms with Crippen LogP contribution < -0.4 is 10.6 Å². The molecule has 0 aliphatic rings. The maximum atomic E-state index is 13.7. The summed E-state index contributed by atoms with van der Waals surface area (Å²) < 4.78 is 40.0. The normalized spacial score (nSPS) is 10.5. The molecule has 0 spiro atoms. The summed E-state index contributed by atoms with van der Waals surface area (Å²) in [6.07, 6.45) is 1.30. The van der Waals surface area contributed by atoms with Crippen LogP contribution in [0, 0.1) is 24.4 Å². The second-order valence-corrected chi connectivity index (χ2v) is 5.79. The van der Waals surface area contributed by atoms with Crippen molar-refractivity contribution in [3.63, 3.8) is 0 Å². The van der Waals surface area contributed by atoms with Gasteiger partial charge in [-0.3, -0.25) is 4.79 Å². The lowest BCUT2D eigenvalue weighted by Gasteiger charge is -2.09. The fraction of sp³-hybridized carbons (Fsp3) is 0.105. The number of nitrogens with zero attached hydrogens (tertiary/aromatic N) is 2. The average molecular weight is 372 g/mol. The first kappa shape index (κ1) is 18.4. The summed E-state index contributed by atoms with van der Waals surface area (Å²) in [6, 6.07) is 10.8. The summed E-state index contributed by atoms with van der Waals surface area (Å²) in [4.78, 5) is 20.1. The number of nitrogens with one attached hydrogen (secondary N) is 2. The van der Waals surface area contributed by atoms with Crippen LogP contribution in [0.5, 0.6) is 0 Å². The first-order valence-corrected chi connectivity index (χ1v) is 8.01. The number of halogens is 3. The van der Waals surface area contributed by atoms with Gasteiger partial charge in [-0.1, -0.05) is 29.8 Å². The van der Waals surface area contributed by atoms with Crippen molar-refractivity contribution in [1.82, 2.24) is 15.3 Å². The van der Waals surface area contributed by atoms with E-state index in [1.807, 2.05) is 31.2 Å². The highest BCUT2D eigenvalue weighted by atomic mass is 19.2. The maximum Gasteiger partial charge on any atom is 0.270 e. The number of hydrogen-bond acceptors (Lipinski definition) is 4. The van der Waals surface area contributed by atoms with Crippen molar-refractivity contribution in [3.8, 4) is 0 Å². The summed E-state index contributed by atoms with van der Waals surface area (Å²) in [5, 5.41) is 5.15. The zero-order chi connectivity index (χ0) is 19.4. The first-order valence-electron chi connectivity index (χ1n) is 8.01. The Hall–Kier alpha value is -3.42. The minimum atomic E-state index is -1.60. The number of benzene rings is 2. The van der Waals surface area contributed by atoms with E-state index in [2.05, 4.69) is 20.6 Å². The Morgan fingerprint density at radius 1 is 1.07 bits per heavy atom. The van der Waals surface area contributed by atoms with Gasteiger partial charge in [0.2, 0.25) is 5.95 Å². The van der Waals surface area contributed by atoms with Gasteiger partial charge in [-0.05, 0) is 30.7 Å². The van der Waals surface area contributed by atoms with E-state index in [0.29, 0.717) is 6.54 Å². The molecule has 2 aromatic carbocycles. The smallest absolute Gasteiger partial charge is 0.270 e. The predicted octanol–water partition coefficient (Wildman–Crippen LogP) is 3.88. The van der Waals surface area contributed by atoms with Crippen molar-refractivity contribution < 1.29 is 18.0 Å². The van der Waals surface area contributed by atoms with Gasteiger partial charge in [0.05, 0.1) is 5.69 Å². The number of aromatic nitrogens is 2. The van der Waals surface area contributed by atoms with E-state index >= 15 is 0 Å². The third kappa shape index (κ3) is 4.41. The third-order valence-corrected chi connectivity index (χ3v) is 3.71. The molecule has 8 heteroatoms. The van der Waals surface area contributed by atoms with Crippen LogP contribution in [0.2, 0.25) is 0 Å². The highest BCUT2D eigenvalue weighted by molar-refractivity contribution is 5.92. The van der Waals surface area contributed by atoms with E-state index in [-0.39, 0.29) is 17.3 Å². The molecule has 1 heterocycles. The van der Waals surface area contributed by atoms with Gasteiger partial charge < -0.3 is 10.6 Å². The van der Waals surface area contributed by atoms with E-state index in [9.17, 15) is 18.0 Å². The van der Waals surface area contributed by atoms with E-state index in [1.165, 1.54) is 12.3 Å². The number of hydrogen-bond donors (Lipinski definition) is 2. The SMILES string of the molecule is Cc1cccc(CNC(=O)c2ccnc(Nc3ccc(F)c(F)c3F)n2)c1. The van der Waals surface area contributed by atoms with E-state index in [1.54, 1.807) is 0 Å². The van der Waals surface area contributed by atoms with Crippen LogP contribution in [0.1, 0.15) is 21.6 Å². The molecule has 0 bridgehead atoms. The van der Waals surface area contributed by atoms with Crippen molar-refractivity contribution in [1.29, 1.82) is 0 Å². The molecule has 27 heavy (non-hydrogen) atoms. The summed E-state index contributed by atoms with van der Waals surface area (Å²) >= 11 is 0. The maximum absolute atomic E-state index is 13.7. The Morgan fingerprint density at radius 2 is 1.89 bits per heavy atom. The molecule has 5 nitrogen and oxygen atoms in total. The largest absolute Gasteiger partial charge is 0.347 e. The molecule has 0 aliphatic heterocycles. The molecule has 0 fully saturated rings. The molecule has 2 N–H and O–H groups in total. The van der Waals surface area contributed by atoms with Crippen LogP contribution in [0.25, 0.3) is 0 Å². The third-order valence-electron chi connectivity index (χ3n) is 3.71. The van der Waals surface area contributed by atoms with Gasteiger partial charge in [-0.15, -0.1) is 0 Å². The zero-order valence-electron chi connectivity index (χ0n) is 14.3. The van der Waals surface area contributed by atoms with Crippen LogP contribution in [0.15, 0.2) is 48.7 Å². The number of amides is 1. The quantitative estimate of drug-likeness (QED) is 0.667. The number of anilines is 2. The second-order valence-electron chi connectivity index (χ2n) is 5.79. The molecule has 0 aliphatic carbocycles. The molecule has 3 aromatic rings. The van der Waals surface area contributed by atoms with E-state index in [0.717, 1.165) is 23.3 Å². The highest BCUT2D eigenvalue weighted by Gasteiger charge is 2.15. The molecule has 138 valence electrons. The van der Waals surface area contributed by atoms with Crippen molar-refractivity contribution in [2.45, 2.75) is 13.5 Å². The fourth-order valence-electron chi connectivity index (χ4n) is 2.38. The molecule has 3 rings (SSSR count). The highest BCUT2D eigenvalue weighted by Crippen LogP contribution is 2.22. The molecule has 1 amide bonds. The molecule has 0 saturated heterocycles. The van der Waals surface area contributed by atoms with Crippen LogP contribution in [0.4, 0.5) is 24.8 Å². The lowest BCUT2D eigenvalue weighted by atomic mass is 10.1. The summed E-state index contributed by atoms with van der Waals surface area (Å²) in [5.41, 5.74) is 1.71. The van der Waals surface area contributed by atoms with E-state index in [4.69, 9.17) is 0 Å². The summed E-state index contributed by atoms with van der Waals surface area (Å²) in [6.45, 7) is 2.26. The Morgan fingerprint density at radius 3 is 2.67 bits per heavy atom. The Labute approximate surface area is 153 Å². The monoisotopic (exact) mass is 372 g/mol. The molecular weight excluding hydrogens is 357 g/mol. The molecule has 0 saturated carbocycles. The van der Waals surface area contributed by atoms with Crippen LogP contribution >= 0.6 is 0 Å². The average Bonchev–Trinajstić information content (AvgIpc) is 2.67. The standard InChI is InChI=1S/C19H15F3N4O/c1-11-3-2-4-12(9-11)10-24-18(27)15-7-8-23-19(26-15)25-14-6-5-13(20)16(21)17(14)22/h2-9H,10H2,1H3,(H,24,27)(H,23,25,26). The summed E-state index contributed by atoms with van der Waals surface area (Å²) in [5.74, 6) is -4.88. The number of aryl methyl sites for hydroxylation is 1. The van der Waals surface area contributed by atoms with Gasteiger partial charge in [0.25, 0.3) is 5.91 Å². The first-order chi connectivity index (χ1) is 12.9. The van der Waals surface area contributed by atoms with Crippen LogP contribution in [-0.4, -0.2) is 15.9 Å². The van der Waals surface area contributed by atoms with Crippen molar-refractivity contribution in [2.75, 3.05) is 5.32 Å². The number of rotatable bonds is 5. The Bertz CT molecular complexity index is 994. The number of carbonyl (C=O) groups is 1. The van der Waals surface area contributed by atoms with Gasteiger partial charge in [-0.2, -0.15) is 0 Å². The second kappa shape index (κ2) is 7.86. The zero-order valence-corrected chi connectivity index (χ0v) is 14.3. The topological polar surface area (TPSA) is 66.9 Å². The van der Waals surface area contributed by atoms with Gasteiger partial charge in [-0.25, -0.2) is 23.1 Å². The van der Waals surface area contributed by atoms with Crippen molar-refractivity contribution in [2.24, 2.45) is 0 Å². The molecule has 0 unspecified atom stereocenters. The van der Waals surface area contributed by atoms with Gasteiger partial charge in [0.1, 0.15) is 5.69 Å². The Balaban J connectivity index is 1.71. The molecular formula is C19H15F3N4O.